The Morgan fingerprint density at radius 2 is 2.06 bits per heavy atom. The Hall–Kier alpha value is -1.79. The summed E-state index contributed by atoms with van der Waals surface area (Å²) in [6, 6.07) is 4.93. The predicted octanol–water partition coefficient (Wildman–Crippen LogP) is 0.206. The van der Waals surface area contributed by atoms with Gasteiger partial charge in [0.15, 0.2) is 0 Å². The normalized spacial score (nSPS) is 11.9. The molecule has 1 atom stereocenters. The molecule has 0 radical (unpaired) electrons. The Balaban J connectivity index is 2.72. The summed E-state index contributed by atoms with van der Waals surface area (Å²) < 4.78 is 15.4. The summed E-state index contributed by atoms with van der Waals surface area (Å²) in [7, 11) is 3.12. The van der Waals surface area contributed by atoms with Crippen molar-refractivity contribution in [3.05, 3.63) is 23.8 Å². The molecule has 4 N–H and O–H groups in total. The minimum absolute atomic E-state index is 0.147. The molecule has 0 fully saturated rings. The van der Waals surface area contributed by atoms with Gasteiger partial charge in [-0.25, -0.2) is 0 Å². The first-order valence-electron chi connectivity index (χ1n) is 5.42. The van der Waals surface area contributed by atoms with Crippen LogP contribution in [0.3, 0.4) is 0 Å². The van der Waals surface area contributed by atoms with Gasteiger partial charge in [-0.05, 0) is 12.1 Å². The summed E-state index contributed by atoms with van der Waals surface area (Å²) in [5.41, 5.74) is 11.7. The topological polar surface area (TPSA) is 96.8 Å². The van der Waals surface area contributed by atoms with Gasteiger partial charge in [0, 0.05) is 11.6 Å². The van der Waals surface area contributed by atoms with Crippen LogP contribution in [-0.4, -0.2) is 33.3 Å². The van der Waals surface area contributed by atoms with Crippen molar-refractivity contribution in [3.8, 4) is 11.5 Å². The van der Waals surface area contributed by atoms with Crippen LogP contribution in [0.5, 0.6) is 11.5 Å². The van der Waals surface area contributed by atoms with E-state index in [-0.39, 0.29) is 13.2 Å². The number of hydrogen-bond acceptors (Lipinski definition) is 5. The fraction of sp³-hybridized carbons (Fsp3) is 0.417. The standard InChI is InChI=1S/C12H18N2O4/c1-16-8-3-4-9(11(5-8)17-2)10(13)6-18-7-12(14)15/h3-5,10H,6-7,13H2,1-2H3,(H2,14,15). The molecular weight excluding hydrogens is 236 g/mol. The maximum absolute atomic E-state index is 10.5. The summed E-state index contributed by atoms with van der Waals surface area (Å²) in [4.78, 5) is 10.5. The Bertz CT molecular complexity index is 409. The zero-order valence-corrected chi connectivity index (χ0v) is 10.5. The van der Waals surface area contributed by atoms with Crippen LogP contribution in [-0.2, 0) is 9.53 Å². The van der Waals surface area contributed by atoms with Gasteiger partial charge in [-0.15, -0.1) is 0 Å². The summed E-state index contributed by atoms with van der Waals surface area (Å²) in [5.74, 6) is 0.772. The first kappa shape index (κ1) is 14.3. The first-order chi connectivity index (χ1) is 8.58. The van der Waals surface area contributed by atoms with Gasteiger partial charge in [-0.2, -0.15) is 0 Å². The maximum atomic E-state index is 10.5. The lowest BCUT2D eigenvalue weighted by Crippen LogP contribution is -2.23. The second kappa shape index (κ2) is 6.83. The van der Waals surface area contributed by atoms with Crippen molar-refractivity contribution in [1.82, 2.24) is 0 Å². The number of hydrogen-bond donors (Lipinski definition) is 2. The zero-order chi connectivity index (χ0) is 13.5. The van der Waals surface area contributed by atoms with Crippen molar-refractivity contribution in [3.63, 3.8) is 0 Å². The molecule has 0 spiro atoms. The number of nitrogens with two attached hydrogens (primary N) is 2. The molecule has 18 heavy (non-hydrogen) atoms. The Labute approximate surface area is 106 Å². The molecule has 0 saturated heterocycles. The van der Waals surface area contributed by atoms with E-state index < -0.39 is 11.9 Å². The molecule has 0 aliphatic carbocycles. The summed E-state index contributed by atoms with van der Waals surface area (Å²) in [5, 5.41) is 0. The van der Waals surface area contributed by atoms with Crippen molar-refractivity contribution < 1.29 is 19.0 Å². The van der Waals surface area contributed by atoms with Crippen molar-refractivity contribution in [2.75, 3.05) is 27.4 Å². The number of amides is 1. The Morgan fingerprint density at radius 3 is 2.61 bits per heavy atom. The van der Waals surface area contributed by atoms with E-state index in [4.69, 9.17) is 25.7 Å². The molecule has 0 aliphatic heterocycles. The number of rotatable bonds is 7. The highest BCUT2D eigenvalue weighted by Crippen LogP contribution is 2.28. The third kappa shape index (κ3) is 3.90. The lowest BCUT2D eigenvalue weighted by molar-refractivity contribution is -0.122. The average molecular weight is 254 g/mol. The van der Waals surface area contributed by atoms with E-state index in [1.807, 2.05) is 0 Å². The average Bonchev–Trinajstić information content (AvgIpc) is 2.37. The third-order valence-corrected chi connectivity index (χ3v) is 2.38. The zero-order valence-electron chi connectivity index (χ0n) is 10.5. The molecule has 1 unspecified atom stereocenters. The third-order valence-electron chi connectivity index (χ3n) is 2.38. The largest absolute Gasteiger partial charge is 0.497 e. The summed E-state index contributed by atoms with van der Waals surface area (Å²) in [6.45, 7) is 0.0395. The van der Waals surface area contributed by atoms with E-state index in [0.29, 0.717) is 11.5 Å². The molecule has 1 aromatic carbocycles. The van der Waals surface area contributed by atoms with Crippen LogP contribution in [0.25, 0.3) is 0 Å². The van der Waals surface area contributed by atoms with Gasteiger partial charge in [0.05, 0.1) is 26.9 Å². The molecular formula is C12H18N2O4. The minimum atomic E-state index is -0.524. The van der Waals surface area contributed by atoms with Crippen LogP contribution in [0.2, 0.25) is 0 Å². The van der Waals surface area contributed by atoms with E-state index in [2.05, 4.69) is 0 Å². The van der Waals surface area contributed by atoms with Gasteiger partial charge in [0.1, 0.15) is 18.1 Å². The second-order valence-electron chi connectivity index (χ2n) is 3.70. The molecule has 0 aliphatic rings. The second-order valence-corrected chi connectivity index (χ2v) is 3.70. The Morgan fingerprint density at radius 1 is 1.33 bits per heavy atom. The molecule has 0 bridgehead atoms. The van der Waals surface area contributed by atoms with Crippen molar-refractivity contribution in [1.29, 1.82) is 0 Å². The lowest BCUT2D eigenvalue weighted by Gasteiger charge is -2.16. The van der Waals surface area contributed by atoms with E-state index >= 15 is 0 Å². The highest BCUT2D eigenvalue weighted by atomic mass is 16.5. The molecule has 1 rings (SSSR count). The quantitative estimate of drug-likeness (QED) is 0.724. The van der Waals surface area contributed by atoms with Crippen molar-refractivity contribution in [2.45, 2.75) is 6.04 Å². The van der Waals surface area contributed by atoms with Gasteiger partial charge in [-0.3, -0.25) is 4.79 Å². The van der Waals surface area contributed by atoms with E-state index in [0.717, 1.165) is 5.56 Å². The molecule has 1 aromatic rings. The van der Waals surface area contributed by atoms with E-state index in [1.54, 1.807) is 32.4 Å². The number of methoxy groups -OCH3 is 2. The van der Waals surface area contributed by atoms with Gasteiger partial charge >= 0.3 is 0 Å². The lowest BCUT2D eigenvalue weighted by atomic mass is 10.1. The minimum Gasteiger partial charge on any atom is -0.497 e. The van der Waals surface area contributed by atoms with Crippen molar-refractivity contribution in [2.24, 2.45) is 11.5 Å². The predicted molar refractivity (Wildman–Crippen MR) is 66.5 cm³/mol. The molecule has 6 heteroatoms. The molecule has 0 aromatic heterocycles. The maximum Gasteiger partial charge on any atom is 0.243 e. The number of carbonyl (C=O) groups is 1. The number of benzene rings is 1. The Kier molecular flexibility index (Phi) is 5.41. The van der Waals surface area contributed by atoms with Crippen LogP contribution < -0.4 is 20.9 Å². The number of ether oxygens (including phenoxy) is 3. The van der Waals surface area contributed by atoms with Gasteiger partial charge < -0.3 is 25.7 Å². The smallest absolute Gasteiger partial charge is 0.243 e. The van der Waals surface area contributed by atoms with Crippen LogP contribution in [0.1, 0.15) is 11.6 Å². The molecule has 1 amide bonds. The number of primary amides is 1. The van der Waals surface area contributed by atoms with E-state index in [9.17, 15) is 4.79 Å². The number of carbonyl (C=O) groups excluding carboxylic acids is 1. The fourth-order valence-electron chi connectivity index (χ4n) is 1.50. The first-order valence-corrected chi connectivity index (χ1v) is 5.42. The van der Waals surface area contributed by atoms with Gasteiger partial charge in [-0.1, -0.05) is 0 Å². The van der Waals surface area contributed by atoms with Crippen LogP contribution in [0.15, 0.2) is 18.2 Å². The highest BCUT2D eigenvalue weighted by molar-refractivity contribution is 5.74. The molecule has 100 valence electrons. The van der Waals surface area contributed by atoms with Crippen LogP contribution in [0.4, 0.5) is 0 Å². The highest BCUT2D eigenvalue weighted by Gasteiger charge is 2.13. The van der Waals surface area contributed by atoms with Crippen LogP contribution >= 0.6 is 0 Å². The molecule has 0 saturated carbocycles. The van der Waals surface area contributed by atoms with Gasteiger partial charge in [0.2, 0.25) is 5.91 Å². The summed E-state index contributed by atoms with van der Waals surface area (Å²) >= 11 is 0. The monoisotopic (exact) mass is 254 g/mol. The van der Waals surface area contributed by atoms with Gasteiger partial charge in [0.25, 0.3) is 0 Å². The SMILES string of the molecule is COc1ccc(C(N)COCC(N)=O)c(OC)c1. The molecule has 6 nitrogen and oxygen atoms in total. The molecule has 0 heterocycles. The van der Waals surface area contributed by atoms with Crippen LogP contribution in [0, 0.1) is 0 Å². The fourth-order valence-corrected chi connectivity index (χ4v) is 1.50. The van der Waals surface area contributed by atoms with Crippen molar-refractivity contribution >= 4 is 5.91 Å². The van der Waals surface area contributed by atoms with E-state index in [1.165, 1.54) is 0 Å². The summed E-state index contributed by atoms with van der Waals surface area (Å²) in [6.07, 6.45) is 0.